The minimum absolute atomic E-state index is 0.223. The Balaban J connectivity index is 1.98. The molecule has 7 heteroatoms. The molecule has 0 bridgehead atoms. The fraction of sp³-hybridized carbons (Fsp3) is 0.176. The Labute approximate surface area is 153 Å². The van der Waals surface area contributed by atoms with Gasteiger partial charge in [0, 0.05) is 9.64 Å². The van der Waals surface area contributed by atoms with E-state index in [0.717, 1.165) is 3.57 Å². The summed E-state index contributed by atoms with van der Waals surface area (Å²) in [5, 5.41) is 2.69. The van der Waals surface area contributed by atoms with Crippen LogP contribution in [0.5, 0.6) is 11.5 Å². The van der Waals surface area contributed by atoms with E-state index in [0.29, 0.717) is 17.2 Å². The molecule has 24 heavy (non-hydrogen) atoms. The number of anilines is 1. The maximum Gasteiger partial charge on any atom is 0.342 e. The van der Waals surface area contributed by atoms with E-state index in [1.807, 2.05) is 18.2 Å². The Morgan fingerprint density at radius 1 is 1.08 bits per heavy atom. The van der Waals surface area contributed by atoms with Crippen molar-refractivity contribution in [3.05, 3.63) is 51.6 Å². The van der Waals surface area contributed by atoms with Crippen LogP contribution >= 0.6 is 22.6 Å². The van der Waals surface area contributed by atoms with Gasteiger partial charge in [0.15, 0.2) is 6.61 Å². The van der Waals surface area contributed by atoms with Crippen LogP contribution in [0.25, 0.3) is 0 Å². The number of benzene rings is 2. The van der Waals surface area contributed by atoms with Gasteiger partial charge in [-0.15, -0.1) is 0 Å². The van der Waals surface area contributed by atoms with Crippen LogP contribution in [0, 0.1) is 3.57 Å². The number of amides is 1. The minimum atomic E-state index is -0.646. The lowest BCUT2D eigenvalue weighted by Crippen LogP contribution is -2.21. The van der Waals surface area contributed by atoms with E-state index in [4.69, 9.17) is 14.2 Å². The number of hydrogen-bond donors (Lipinski definition) is 1. The van der Waals surface area contributed by atoms with Crippen molar-refractivity contribution < 1.29 is 23.8 Å². The number of para-hydroxylation sites is 1. The molecule has 0 atom stereocenters. The number of nitrogens with one attached hydrogen (secondary N) is 1. The molecule has 0 aliphatic rings. The highest BCUT2D eigenvalue weighted by molar-refractivity contribution is 14.1. The van der Waals surface area contributed by atoms with Crippen molar-refractivity contribution >= 4 is 40.2 Å². The fourth-order valence-electron chi connectivity index (χ4n) is 1.92. The van der Waals surface area contributed by atoms with Gasteiger partial charge in [0.2, 0.25) is 0 Å². The van der Waals surface area contributed by atoms with Crippen molar-refractivity contribution in [2.45, 2.75) is 0 Å². The molecule has 0 saturated carbocycles. The van der Waals surface area contributed by atoms with Crippen LogP contribution in [0.15, 0.2) is 42.5 Å². The van der Waals surface area contributed by atoms with Crippen molar-refractivity contribution in [3.8, 4) is 11.5 Å². The summed E-state index contributed by atoms with van der Waals surface area (Å²) in [6.45, 7) is -0.390. The van der Waals surface area contributed by atoms with Gasteiger partial charge in [-0.1, -0.05) is 12.1 Å². The second-order valence-corrected chi connectivity index (χ2v) is 5.83. The van der Waals surface area contributed by atoms with Crippen molar-refractivity contribution in [2.24, 2.45) is 0 Å². The number of carbonyl (C=O) groups is 2. The highest BCUT2D eigenvalue weighted by Gasteiger charge is 2.16. The maximum atomic E-state index is 12.1. The molecule has 0 unspecified atom stereocenters. The zero-order chi connectivity index (χ0) is 17.5. The molecular weight excluding hydrogens is 425 g/mol. The lowest BCUT2D eigenvalue weighted by atomic mass is 10.2. The fourth-order valence-corrected chi connectivity index (χ4v) is 2.45. The monoisotopic (exact) mass is 441 g/mol. The molecule has 2 aromatic carbocycles. The quantitative estimate of drug-likeness (QED) is 0.551. The predicted octanol–water partition coefficient (Wildman–Crippen LogP) is 3.10. The number of methoxy groups -OCH3 is 2. The summed E-state index contributed by atoms with van der Waals surface area (Å²) in [7, 11) is 2.96. The summed E-state index contributed by atoms with van der Waals surface area (Å²) >= 11 is 2.11. The molecule has 0 fully saturated rings. The van der Waals surface area contributed by atoms with Crippen LogP contribution in [-0.4, -0.2) is 32.7 Å². The second-order valence-electron chi connectivity index (χ2n) is 4.67. The topological polar surface area (TPSA) is 73.9 Å². The van der Waals surface area contributed by atoms with Crippen LogP contribution in [0.3, 0.4) is 0 Å². The van der Waals surface area contributed by atoms with Crippen LogP contribution in [0.1, 0.15) is 10.4 Å². The van der Waals surface area contributed by atoms with Gasteiger partial charge in [0.05, 0.1) is 19.9 Å². The van der Waals surface area contributed by atoms with Gasteiger partial charge in [-0.2, -0.15) is 0 Å². The SMILES string of the molecule is COc1ccc(C(=O)OCC(=O)Nc2ccccc2I)c(OC)c1. The van der Waals surface area contributed by atoms with E-state index in [9.17, 15) is 9.59 Å². The highest BCUT2D eigenvalue weighted by Crippen LogP contribution is 2.25. The van der Waals surface area contributed by atoms with Crippen LogP contribution < -0.4 is 14.8 Å². The number of hydrogen-bond acceptors (Lipinski definition) is 5. The van der Waals surface area contributed by atoms with E-state index in [-0.39, 0.29) is 12.2 Å². The smallest absolute Gasteiger partial charge is 0.342 e. The molecule has 0 spiro atoms. The Hall–Kier alpha value is -2.29. The molecule has 1 amide bonds. The number of rotatable bonds is 6. The molecule has 2 rings (SSSR count). The Bertz CT molecular complexity index is 748. The molecule has 126 valence electrons. The molecule has 0 radical (unpaired) electrons. The normalized spacial score (nSPS) is 9.96. The molecule has 0 heterocycles. The third kappa shape index (κ3) is 4.60. The van der Waals surface area contributed by atoms with Gasteiger partial charge in [-0.05, 0) is 46.9 Å². The summed E-state index contributed by atoms with van der Waals surface area (Å²) in [5.74, 6) is -0.190. The average Bonchev–Trinajstić information content (AvgIpc) is 2.61. The first kappa shape index (κ1) is 18.1. The zero-order valence-electron chi connectivity index (χ0n) is 13.2. The lowest BCUT2D eigenvalue weighted by Gasteiger charge is -2.11. The lowest BCUT2D eigenvalue weighted by molar-refractivity contribution is -0.119. The van der Waals surface area contributed by atoms with Crippen molar-refractivity contribution in [1.29, 1.82) is 0 Å². The molecule has 0 aliphatic carbocycles. The Morgan fingerprint density at radius 3 is 2.50 bits per heavy atom. The van der Waals surface area contributed by atoms with Gasteiger partial charge < -0.3 is 19.5 Å². The third-order valence-corrected chi connectivity index (χ3v) is 4.05. The van der Waals surface area contributed by atoms with Crippen LogP contribution in [-0.2, 0) is 9.53 Å². The van der Waals surface area contributed by atoms with Gasteiger partial charge in [0.25, 0.3) is 5.91 Å². The first-order valence-electron chi connectivity index (χ1n) is 6.98. The second kappa shape index (κ2) is 8.53. The zero-order valence-corrected chi connectivity index (χ0v) is 15.3. The standard InChI is InChI=1S/C17H16INO5/c1-22-11-7-8-12(15(9-11)23-2)17(21)24-10-16(20)19-14-6-4-3-5-13(14)18/h3-9H,10H2,1-2H3,(H,19,20). The number of carbonyl (C=O) groups excluding carboxylic acids is 2. The largest absolute Gasteiger partial charge is 0.497 e. The molecule has 0 aliphatic heterocycles. The molecule has 2 aromatic rings. The molecule has 6 nitrogen and oxygen atoms in total. The maximum absolute atomic E-state index is 12.1. The number of halogens is 1. The Kier molecular flexibility index (Phi) is 6.42. The van der Waals surface area contributed by atoms with E-state index < -0.39 is 11.9 Å². The average molecular weight is 441 g/mol. The first-order chi connectivity index (χ1) is 11.5. The summed E-state index contributed by atoms with van der Waals surface area (Å²) in [6, 6.07) is 12.0. The third-order valence-electron chi connectivity index (χ3n) is 3.11. The van der Waals surface area contributed by atoms with Crippen molar-refractivity contribution in [1.82, 2.24) is 0 Å². The van der Waals surface area contributed by atoms with Crippen molar-refractivity contribution in [2.75, 3.05) is 26.1 Å². The van der Waals surface area contributed by atoms with E-state index in [2.05, 4.69) is 27.9 Å². The van der Waals surface area contributed by atoms with Gasteiger partial charge in [-0.25, -0.2) is 4.79 Å². The number of esters is 1. The summed E-state index contributed by atoms with van der Waals surface area (Å²) in [5.41, 5.74) is 0.890. The summed E-state index contributed by atoms with van der Waals surface area (Å²) in [4.78, 5) is 24.0. The van der Waals surface area contributed by atoms with Gasteiger partial charge >= 0.3 is 5.97 Å². The van der Waals surface area contributed by atoms with Gasteiger partial charge in [0.1, 0.15) is 17.1 Å². The minimum Gasteiger partial charge on any atom is -0.497 e. The summed E-state index contributed by atoms with van der Waals surface area (Å²) < 4.78 is 16.2. The molecule has 0 saturated heterocycles. The molecule has 1 N–H and O–H groups in total. The highest BCUT2D eigenvalue weighted by atomic mass is 127. The van der Waals surface area contributed by atoms with Crippen molar-refractivity contribution in [3.63, 3.8) is 0 Å². The predicted molar refractivity (Wildman–Crippen MR) is 97.6 cm³/mol. The Morgan fingerprint density at radius 2 is 1.83 bits per heavy atom. The van der Waals surface area contributed by atoms with Crippen LogP contribution in [0.2, 0.25) is 0 Å². The van der Waals surface area contributed by atoms with E-state index in [1.165, 1.54) is 20.3 Å². The summed E-state index contributed by atoms with van der Waals surface area (Å²) in [6.07, 6.45) is 0. The van der Waals surface area contributed by atoms with E-state index >= 15 is 0 Å². The number of ether oxygens (including phenoxy) is 3. The van der Waals surface area contributed by atoms with E-state index in [1.54, 1.807) is 18.2 Å². The molecule has 0 aromatic heterocycles. The molecular formula is C17H16INO5. The first-order valence-corrected chi connectivity index (χ1v) is 8.06. The van der Waals surface area contributed by atoms with Crippen LogP contribution in [0.4, 0.5) is 5.69 Å². The van der Waals surface area contributed by atoms with Gasteiger partial charge in [-0.3, -0.25) is 4.79 Å².